The molecule has 8 nitrogen and oxygen atoms in total. The molecule has 1 saturated carbocycles. The second kappa shape index (κ2) is 19.9. The first-order chi connectivity index (χ1) is 17.0. The molecule has 0 aromatic heterocycles. The minimum absolute atomic E-state index is 0.0401. The molecule has 2 amide bonds. The predicted molar refractivity (Wildman–Crippen MR) is 146 cm³/mol. The number of amides is 2. The van der Waals surface area contributed by atoms with E-state index in [-0.39, 0.29) is 23.7 Å². The van der Waals surface area contributed by atoms with Crippen LogP contribution in [0.5, 0.6) is 0 Å². The topological polar surface area (TPSA) is 134 Å². The second-order valence-electron chi connectivity index (χ2n) is 10.4. The summed E-state index contributed by atoms with van der Waals surface area (Å²) in [5.41, 5.74) is 11.3. The highest BCUT2D eigenvalue weighted by molar-refractivity contribution is 5.86. The summed E-state index contributed by atoms with van der Waals surface area (Å²) in [6.07, 6.45) is 13.1. The molecule has 0 aliphatic heterocycles. The lowest BCUT2D eigenvalue weighted by atomic mass is 9.79. The predicted octanol–water partition coefficient (Wildman–Crippen LogP) is 2.41. The van der Waals surface area contributed by atoms with Gasteiger partial charge >= 0.3 is 0 Å². The van der Waals surface area contributed by atoms with Crippen molar-refractivity contribution in [3.63, 3.8) is 0 Å². The van der Waals surface area contributed by atoms with Gasteiger partial charge in [-0.25, -0.2) is 0 Å². The maximum atomic E-state index is 13.0. The lowest BCUT2D eigenvalue weighted by Gasteiger charge is -2.34. The fourth-order valence-electron chi connectivity index (χ4n) is 4.77. The van der Waals surface area contributed by atoms with Crippen LogP contribution in [0.2, 0.25) is 0 Å². The van der Waals surface area contributed by atoms with Crippen LogP contribution in [0.1, 0.15) is 97.3 Å². The molecule has 1 aliphatic carbocycles. The Morgan fingerprint density at radius 1 is 0.829 bits per heavy atom. The summed E-state index contributed by atoms with van der Waals surface area (Å²) < 4.78 is 0. The summed E-state index contributed by atoms with van der Waals surface area (Å²) in [5.74, 6) is 0.468. The van der Waals surface area contributed by atoms with Crippen molar-refractivity contribution < 1.29 is 9.59 Å². The van der Waals surface area contributed by atoms with E-state index >= 15 is 0 Å². The maximum absolute atomic E-state index is 13.0. The molecule has 8 N–H and O–H groups in total. The van der Waals surface area contributed by atoms with Crippen LogP contribution in [0, 0.1) is 11.8 Å². The van der Waals surface area contributed by atoms with Gasteiger partial charge in [-0.2, -0.15) is 0 Å². The first kappa shape index (κ1) is 31.8. The molecule has 0 aromatic rings. The van der Waals surface area contributed by atoms with Crippen molar-refractivity contribution in [3.05, 3.63) is 0 Å². The van der Waals surface area contributed by atoms with E-state index in [0.29, 0.717) is 19.5 Å². The Bertz CT molecular complexity index is 556. The smallest absolute Gasteiger partial charge is 0.240 e. The maximum Gasteiger partial charge on any atom is 0.240 e. The number of unbranched alkanes of at least 4 members (excludes halogenated alkanes) is 2. The SMILES string of the molecule is CCC(C)[C@](N)(CCCCNC(=O)C1CCCCC1)C(=O)NCCCNCCCCNCCCN. The van der Waals surface area contributed by atoms with Gasteiger partial charge in [0.25, 0.3) is 0 Å². The van der Waals surface area contributed by atoms with Crippen molar-refractivity contribution in [2.75, 3.05) is 45.8 Å². The van der Waals surface area contributed by atoms with E-state index in [9.17, 15) is 9.59 Å². The van der Waals surface area contributed by atoms with Crippen LogP contribution in [0.4, 0.5) is 0 Å². The average Bonchev–Trinajstić information content (AvgIpc) is 2.88. The third kappa shape index (κ3) is 13.6. The number of nitrogens with one attached hydrogen (secondary N) is 4. The highest BCUT2D eigenvalue weighted by atomic mass is 16.2. The van der Waals surface area contributed by atoms with Crippen LogP contribution in [-0.2, 0) is 9.59 Å². The number of hydrogen-bond donors (Lipinski definition) is 6. The zero-order valence-corrected chi connectivity index (χ0v) is 22.8. The van der Waals surface area contributed by atoms with Crippen molar-refractivity contribution in [1.29, 1.82) is 0 Å². The van der Waals surface area contributed by atoms with E-state index < -0.39 is 5.54 Å². The van der Waals surface area contributed by atoms with Crippen LogP contribution >= 0.6 is 0 Å². The minimum Gasteiger partial charge on any atom is -0.356 e. The van der Waals surface area contributed by atoms with Gasteiger partial charge in [0.1, 0.15) is 0 Å². The third-order valence-corrected chi connectivity index (χ3v) is 7.54. The van der Waals surface area contributed by atoms with E-state index in [1.54, 1.807) is 0 Å². The molecule has 1 rings (SSSR count). The van der Waals surface area contributed by atoms with Crippen molar-refractivity contribution in [3.8, 4) is 0 Å². The van der Waals surface area contributed by atoms with Gasteiger partial charge < -0.3 is 32.7 Å². The largest absolute Gasteiger partial charge is 0.356 e. The summed E-state index contributed by atoms with van der Waals surface area (Å²) >= 11 is 0. The molecule has 1 fully saturated rings. The van der Waals surface area contributed by atoms with Gasteiger partial charge in [0, 0.05) is 19.0 Å². The number of carbonyl (C=O) groups is 2. The van der Waals surface area contributed by atoms with Crippen LogP contribution in [-0.4, -0.2) is 63.2 Å². The Morgan fingerprint density at radius 2 is 1.40 bits per heavy atom. The van der Waals surface area contributed by atoms with Gasteiger partial charge in [-0.15, -0.1) is 0 Å². The van der Waals surface area contributed by atoms with Crippen LogP contribution in [0.15, 0.2) is 0 Å². The van der Waals surface area contributed by atoms with Gasteiger partial charge in [0.2, 0.25) is 11.8 Å². The molecule has 35 heavy (non-hydrogen) atoms. The Morgan fingerprint density at radius 3 is 2.03 bits per heavy atom. The van der Waals surface area contributed by atoms with Crippen molar-refractivity contribution in [2.45, 2.75) is 103 Å². The molecule has 0 radical (unpaired) electrons. The van der Waals surface area contributed by atoms with Crippen molar-refractivity contribution >= 4 is 11.8 Å². The summed E-state index contributed by atoms with van der Waals surface area (Å²) in [6, 6.07) is 0. The molecule has 8 heteroatoms. The zero-order valence-electron chi connectivity index (χ0n) is 22.8. The van der Waals surface area contributed by atoms with E-state index in [2.05, 4.69) is 35.1 Å². The Hall–Kier alpha value is -1.22. The molecule has 0 heterocycles. The molecule has 0 aromatic carbocycles. The number of rotatable bonds is 21. The Balaban J connectivity index is 2.18. The number of hydrogen-bond acceptors (Lipinski definition) is 6. The van der Waals surface area contributed by atoms with Crippen molar-refractivity contribution in [1.82, 2.24) is 21.3 Å². The Kier molecular flexibility index (Phi) is 18.1. The van der Waals surface area contributed by atoms with E-state index in [1.165, 1.54) is 19.3 Å². The molecular weight excluding hydrogens is 440 g/mol. The normalized spacial score (nSPS) is 17.0. The van der Waals surface area contributed by atoms with E-state index in [4.69, 9.17) is 11.5 Å². The standard InChI is InChI=1S/C27H56N6O2/c1-3-23(2)27(29,15-7-8-21-32-25(34)24-13-5-4-6-14-24)26(35)33-22-12-20-31-18-10-9-17-30-19-11-16-28/h23-24,30-31H,3-22,28-29H2,1-2H3,(H,32,34)(H,33,35)/t23?,27-/m1/s1. The first-order valence-electron chi connectivity index (χ1n) is 14.4. The fourth-order valence-corrected chi connectivity index (χ4v) is 4.77. The molecule has 0 bridgehead atoms. The molecule has 1 aliphatic rings. The molecule has 0 saturated heterocycles. The highest BCUT2D eigenvalue weighted by Gasteiger charge is 2.37. The number of nitrogens with two attached hydrogens (primary N) is 2. The molecule has 2 atom stereocenters. The van der Waals surface area contributed by atoms with Gasteiger partial charge in [-0.1, -0.05) is 39.5 Å². The van der Waals surface area contributed by atoms with Gasteiger partial charge in [0.05, 0.1) is 5.54 Å². The highest BCUT2D eigenvalue weighted by Crippen LogP contribution is 2.25. The molecule has 1 unspecified atom stereocenters. The van der Waals surface area contributed by atoms with Crippen LogP contribution in [0.25, 0.3) is 0 Å². The fraction of sp³-hybridized carbons (Fsp3) is 0.926. The third-order valence-electron chi connectivity index (χ3n) is 7.54. The van der Waals surface area contributed by atoms with Crippen LogP contribution < -0.4 is 32.7 Å². The van der Waals surface area contributed by atoms with E-state index in [0.717, 1.165) is 90.5 Å². The summed E-state index contributed by atoms with van der Waals surface area (Å²) in [6.45, 7) is 10.1. The second-order valence-corrected chi connectivity index (χ2v) is 10.4. The molecular formula is C27H56N6O2. The molecule has 0 spiro atoms. The lowest BCUT2D eigenvalue weighted by Crippen LogP contribution is -2.58. The average molecular weight is 497 g/mol. The number of carbonyl (C=O) groups excluding carboxylic acids is 2. The van der Waals surface area contributed by atoms with Crippen LogP contribution in [0.3, 0.4) is 0 Å². The van der Waals surface area contributed by atoms with Gasteiger partial charge in [0.15, 0.2) is 0 Å². The zero-order chi connectivity index (χ0) is 25.8. The minimum atomic E-state index is -0.855. The first-order valence-corrected chi connectivity index (χ1v) is 14.4. The summed E-state index contributed by atoms with van der Waals surface area (Å²) in [4.78, 5) is 25.3. The monoisotopic (exact) mass is 496 g/mol. The summed E-state index contributed by atoms with van der Waals surface area (Å²) in [5, 5.41) is 13.0. The molecule has 206 valence electrons. The Labute approximate surface area is 214 Å². The van der Waals surface area contributed by atoms with Gasteiger partial charge in [-0.3, -0.25) is 9.59 Å². The quantitative estimate of drug-likeness (QED) is 0.135. The van der Waals surface area contributed by atoms with Gasteiger partial charge in [-0.05, 0) is 96.4 Å². The van der Waals surface area contributed by atoms with E-state index in [1.807, 2.05) is 0 Å². The lowest BCUT2D eigenvalue weighted by molar-refractivity contribution is -0.129. The summed E-state index contributed by atoms with van der Waals surface area (Å²) in [7, 11) is 0. The van der Waals surface area contributed by atoms with Crippen molar-refractivity contribution in [2.24, 2.45) is 23.3 Å².